The summed E-state index contributed by atoms with van der Waals surface area (Å²) >= 11 is 0. The minimum Gasteiger partial charge on any atom is -0.330 e. The quantitative estimate of drug-likeness (QED) is 0.754. The van der Waals surface area contributed by atoms with Gasteiger partial charge in [0.15, 0.2) is 0 Å². The number of nitrogens with zero attached hydrogens (tertiary/aromatic N) is 2. The predicted molar refractivity (Wildman–Crippen MR) is 61.6 cm³/mol. The molecule has 0 aromatic carbocycles. The maximum absolute atomic E-state index is 5.89. The minimum absolute atomic E-state index is 0.630. The Morgan fingerprint density at radius 1 is 1.40 bits per heavy atom. The van der Waals surface area contributed by atoms with Crippen molar-refractivity contribution in [3.8, 4) is 0 Å². The van der Waals surface area contributed by atoms with E-state index in [1.165, 1.54) is 37.8 Å². The van der Waals surface area contributed by atoms with E-state index in [1.54, 1.807) is 0 Å². The molecule has 2 rings (SSSR count). The van der Waals surface area contributed by atoms with Gasteiger partial charge >= 0.3 is 0 Å². The third-order valence-electron chi connectivity index (χ3n) is 3.70. The molecule has 2 N–H and O–H groups in total. The molecule has 0 radical (unpaired) electrons. The van der Waals surface area contributed by atoms with Gasteiger partial charge in [0.2, 0.25) is 0 Å². The molecule has 0 bridgehead atoms. The van der Waals surface area contributed by atoms with E-state index in [2.05, 4.69) is 11.2 Å². The maximum atomic E-state index is 5.89. The number of rotatable bonds is 2. The number of hydrogen-bond acceptors (Lipinski definition) is 2. The van der Waals surface area contributed by atoms with Crippen molar-refractivity contribution in [1.82, 2.24) is 9.78 Å². The molecule has 1 saturated carbocycles. The second kappa shape index (κ2) is 4.79. The molecule has 1 aromatic heterocycles. The van der Waals surface area contributed by atoms with Crippen LogP contribution in [0.25, 0.3) is 0 Å². The first-order valence-corrected chi connectivity index (χ1v) is 6.01. The van der Waals surface area contributed by atoms with Crippen LogP contribution in [0.15, 0.2) is 12.3 Å². The van der Waals surface area contributed by atoms with Crippen molar-refractivity contribution < 1.29 is 0 Å². The Bertz CT molecular complexity index is 306. The average molecular weight is 207 g/mol. The summed E-state index contributed by atoms with van der Waals surface area (Å²) in [4.78, 5) is 0. The van der Waals surface area contributed by atoms with Crippen LogP contribution < -0.4 is 5.73 Å². The molecule has 0 spiro atoms. The Hall–Kier alpha value is -0.830. The van der Waals surface area contributed by atoms with E-state index in [-0.39, 0.29) is 0 Å². The molecule has 15 heavy (non-hydrogen) atoms. The molecule has 1 aliphatic carbocycles. The fourth-order valence-corrected chi connectivity index (χ4v) is 2.80. The van der Waals surface area contributed by atoms with Crippen LogP contribution in [0.3, 0.4) is 0 Å². The van der Waals surface area contributed by atoms with Gasteiger partial charge in [-0.05, 0) is 31.4 Å². The van der Waals surface area contributed by atoms with Crippen molar-refractivity contribution in [2.75, 3.05) is 6.54 Å². The molecule has 3 nitrogen and oxygen atoms in total. The van der Waals surface area contributed by atoms with E-state index in [0.29, 0.717) is 11.8 Å². The van der Waals surface area contributed by atoms with Crippen LogP contribution >= 0.6 is 0 Å². The molecule has 1 fully saturated rings. The molecule has 1 aliphatic rings. The predicted octanol–water partition coefficient (Wildman–Crippen LogP) is 2.04. The molecule has 0 aliphatic heterocycles. The highest BCUT2D eigenvalue weighted by molar-refractivity contribution is 5.10. The number of hydrogen-bond donors (Lipinski definition) is 1. The monoisotopic (exact) mass is 207 g/mol. The summed E-state index contributed by atoms with van der Waals surface area (Å²) in [7, 11) is 2.04. The summed E-state index contributed by atoms with van der Waals surface area (Å²) in [5.41, 5.74) is 7.26. The molecule has 1 heterocycles. The first-order chi connectivity index (χ1) is 7.33. The molecular weight excluding hydrogens is 186 g/mol. The zero-order chi connectivity index (χ0) is 10.7. The van der Waals surface area contributed by atoms with E-state index >= 15 is 0 Å². The molecule has 0 saturated heterocycles. The van der Waals surface area contributed by atoms with Crippen LogP contribution in [0.5, 0.6) is 0 Å². The zero-order valence-corrected chi connectivity index (χ0v) is 9.52. The van der Waals surface area contributed by atoms with Gasteiger partial charge in [-0.2, -0.15) is 5.10 Å². The van der Waals surface area contributed by atoms with Gasteiger partial charge < -0.3 is 5.73 Å². The molecule has 1 aromatic rings. The van der Waals surface area contributed by atoms with E-state index in [4.69, 9.17) is 5.73 Å². The Balaban J connectivity index is 2.20. The van der Waals surface area contributed by atoms with Crippen LogP contribution in [0.2, 0.25) is 0 Å². The maximum Gasteiger partial charge on any atom is 0.0492 e. The zero-order valence-electron chi connectivity index (χ0n) is 9.52. The number of aryl methyl sites for hydroxylation is 1. The first-order valence-electron chi connectivity index (χ1n) is 6.01. The highest BCUT2D eigenvalue weighted by Gasteiger charge is 2.25. The molecule has 3 heteroatoms. The van der Waals surface area contributed by atoms with Crippen molar-refractivity contribution in [2.24, 2.45) is 18.7 Å². The summed E-state index contributed by atoms with van der Waals surface area (Å²) < 4.78 is 2.01. The molecular formula is C12H21N3. The summed E-state index contributed by atoms with van der Waals surface area (Å²) in [6.07, 6.45) is 8.51. The first kappa shape index (κ1) is 10.7. The van der Waals surface area contributed by atoms with E-state index in [0.717, 1.165) is 6.54 Å². The van der Waals surface area contributed by atoms with Gasteiger partial charge in [-0.15, -0.1) is 0 Å². The molecule has 2 atom stereocenters. The van der Waals surface area contributed by atoms with Crippen LogP contribution in [0.4, 0.5) is 0 Å². The van der Waals surface area contributed by atoms with Gasteiger partial charge in [0, 0.05) is 24.9 Å². The minimum atomic E-state index is 0.630. The molecule has 0 amide bonds. The van der Waals surface area contributed by atoms with Crippen LogP contribution in [-0.4, -0.2) is 16.3 Å². The SMILES string of the molecule is Cn1nccc1C1CCCCCC1CN. The second-order valence-corrected chi connectivity index (χ2v) is 4.62. The highest BCUT2D eigenvalue weighted by atomic mass is 15.3. The fraction of sp³-hybridized carbons (Fsp3) is 0.750. The summed E-state index contributed by atoms with van der Waals surface area (Å²) in [6.45, 7) is 0.815. The normalized spacial score (nSPS) is 27.6. The van der Waals surface area contributed by atoms with Crippen molar-refractivity contribution in [2.45, 2.75) is 38.0 Å². The van der Waals surface area contributed by atoms with Gasteiger partial charge in [-0.3, -0.25) is 4.68 Å². The fourth-order valence-electron chi connectivity index (χ4n) is 2.80. The highest BCUT2D eigenvalue weighted by Crippen LogP contribution is 2.35. The van der Waals surface area contributed by atoms with Crippen molar-refractivity contribution in [3.05, 3.63) is 18.0 Å². The number of nitrogens with two attached hydrogens (primary N) is 1. The van der Waals surface area contributed by atoms with E-state index in [1.807, 2.05) is 17.9 Å². The number of aromatic nitrogens is 2. The third-order valence-corrected chi connectivity index (χ3v) is 3.70. The molecule has 84 valence electrons. The summed E-state index contributed by atoms with van der Waals surface area (Å²) in [6, 6.07) is 2.15. The summed E-state index contributed by atoms with van der Waals surface area (Å²) in [5.74, 6) is 1.29. The Kier molecular flexibility index (Phi) is 3.41. The van der Waals surface area contributed by atoms with Gasteiger partial charge in [0.25, 0.3) is 0 Å². The smallest absolute Gasteiger partial charge is 0.0492 e. The van der Waals surface area contributed by atoms with Crippen molar-refractivity contribution in [3.63, 3.8) is 0 Å². The Labute approximate surface area is 91.7 Å². The van der Waals surface area contributed by atoms with Gasteiger partial charge in [-0.25, -0.2) is 0 Å². The topological polar surface area (TPSA) is 43.8 Å². The van der Waals surface area contributed by atoms with Crippen LogP contribution in [-0.2, 0) is 7.05 Å². The lowest BCUT2D eigenvalue weighted by Gasteiger charge is -2.23. The lowest BCUT2D eigenvalue weighted by Crippen LogP contribution is -2.22. The van der Waals surface area contributed by atoms with Crippen LogP contribution in [0.1, 0.15) is 43.7 Å². The standard InChI is InChI=1S/C12H21N3/c1-15-12(7-8-14-15)11-6-4-2-3-5-10(11)9-13/h7-8,10-11H,2-6,9,13H2,1H3. The van der Waals surface area contributed by atoms with Gasteiger partial charge in [0.1, 0.15) is 0 Å². The van der Waals surface area contributed by atoms with Gasteiger partial charge in [-0.1, -0.05) is 19.3 Å². The lowest BCUT2D eigenvalue weighted by atomic mass is 9.85. The van der Waals surface area contributed by atoms with Crippen molar-refractivity contribution in [1.29, 1.82) is 0 Å². The molecule has 2 unspecified atom stereocenters. The second-order valence-electron chi connectivity index (χ2n) is 4.62. The van der Waals surface area contributed by atoms with Crippen LogP contribution in [0, 0.1) is 5.92 Å². The average Bonchev–Trinajstić information content (AvgIpc) is 2.54. The van der Waals surface area contributed by atoms with Gasteiger partial charge in [0.05, 0.1) is 0 Å². The Morgan fingerprint density at radius 2 is 2.20 bits per heavy atom. The lowest BCUT2D eigenvalue weighted by molar-refractivity contribution is 0.390. The Morgan fingerprint density at radius 3 is 2.87 bits per heavy atom. The largest absolute Gasteiger partial charge is 0.330 e. The van der Waals surface area contributed by atoms with Crippen molar-refractivity contribution >= 4 is 0 Å². The van der Waals surface area contributed by atoms with E-state index in [9.17, 15) is 0 Å². The van der Waals surface area contributed by atoms with E-state index < -0.39 is 0 Å². The summed E-state index contributed by atoms with van der Waals surface area (Å²) in [5, 5.41) is 4.27. The third kappa shape index (κ3) is 2.23.